The number of halogens is 2. The van der Waals surface area contributed by atoms with E-state index in [-0.39, 0.29) is 12.2 Å². The highest BCUT2D eigenvalue weighted by Gasteiger charge is 2.08. The van der Waals surface area contributed by atoms with E-state index in [0.717, 1.165) is 16.8 Å². The highest BCUT2D eigenvalue weighted by molar-refractivity contribution is 9.10. The Hall–Kier alpha value is -2.02. The first-order chi connectivity index (χ1) is 8.95. The summed E-state index contributed by atoms with van der Waals surface area (Å²) in [7, 11) is 0. The number of hydrogen-bond acceptors (Lipinski definition) is 3. The van der Waals surface area contributed by atoms with Crippen molar-refractivity contribution in [3.63, 3.8) is 0 Å². The van der Waals surface area contributed by atoms with Crippen molar-refractivity contribution in [3.05, 3.63) is 62.2 Å². The van der Waals surface area contributed by atoms with Crippen molar-refractivity contribution < 1.29 is 14.3 Å². The minimum atomic E-state index is -1.23. The van der Waals surface area contributed by atoms with Gasteiger partial charge in [0.05, 0.1) is 6.54 Å². The van der Waals surface area contributed by atoms with Crippen molar-refractivity contribution in [2.24, 2.45) is 0 Å². The number of carboxylic acid groups (broad SMARTS) is 1. The topological polar surface area (TPSA) is 72.2 Å². The minimum absolute atomic E-state index is 0.00366. The van der Waals surface area contributed by atoms with E-state index in [1.165, 1.54) is 12.1 Å². The van der Waals surface area contributed by atoms with E-state index in [1.54, 1.807) is 6.07 Å². The van der Waals surface area contributed by atoms with Crippen LogP contribution in [0, 0.1) is 5.82 Å². The highest BCUT2D eigenvalue weighted by atomic mass is 79.9. The molecular formula is C12H8BrFN2O3. The van der Waals surface area contributed by atoms with E-state index < -0.39 is 17.3 Å². The van der Waals surface area contributed by atoms with Crippen LogP contribution in [0.15, 0.2) is 39.6 Å². The van der Waals surface area contributed by atoms with Gasteiger partial charge in [0, 0.05) is 10.5 Å². The molecule has 0 saturated heterocycles. The molecule has 1 N–H and O–H groups in total. The van der Waals surface area contributed by atoms with Gasteiger partial charge in [0.1, 0.15) is 5.82 Å². The lowest BCUT2D eigenvalue weighted by Crippen LogP contribution is -2.24. The van der Waals surface area contributed by atoms with Gasteiger partial charge in [-0.05, 0) is 29.8 Å². The van der Waals surface area contributed by atoms with Crippen LogP contribution in [0.25, 0.3) is 0 Å². The lowest BCUT2D eigenvalue weighted by molar-refractivity contribution is 0.0687. The summed E-state index contributed by atoms with van der Waals surface area (Å²) in [5, 5.41) is 12.5. The fourth-order valence-corrected chi connectivity index (χ4v) is 2.06. The maximum Gasteiger partial charge on any atom is 0.356 e. The summed E-state index contributed by atoms with van der Waals surface area (Å²) in [5.74, 6) is -1.68. The Morgan fingerprint density at radius 1 is 1.37 bits per heavy atom. The quantitative estimate of drug-likeness (QED) is 0.934. The zero-order valence-corrected chi connectivity index (χ0v) is 11.1. The smallest absolute Gasteiger partial charge is 0.356 e. The summed E-state index contributed by atoms with van der Waals surface area (Å²) in [5.41, 5.74) is -0.190. The van der Waals surface area contributed by atoms with Crippen molar-refractivity contribution >= 4 is 21.9 Å². The molecule has 0 fully saturated rings. The molecule has 0 radical (unpaired) electrons. The highest BCUT2D eigenvalue weighted by Crippen LogP contribution is 2.15. The molecule has 5 nitrogen and oxygen atoms in total. The Morgan fingerprint density at radius 2 is 2.11 bits per heavy atom. The molecule has 7 heteroatoms. The van der Waals surface area contributed by atoms with Crippen molar-refractivity contribution in [2.45, 2.75) is 6.54 Å². The lowest BCUT2D eigenvalue weighted by atomic mass is 10.2. The van der Waals surface area contributed by atoms with Crippen LogP contribution in [0.4, 0.5) is 4.39 Å². The van der Waals surface area contributed by atoms with Crippen molar-refractivity contribution in [3.8, 4) is 0 Å². The van der Waals surface area contributed by atoms with Gasteiger partial charge < -0.3 is 5.11 Å². The molecule has 0 atom stereocenters. The molecule has 98 valence electrons. The first kappa shape index (κ1) is 13.4. The monoisotopic (exact) mass is 326 g/mol. The van der Waals surface area contributed by atoms with Gasteiger partial charge in [-0.2, -0.15) is 5.10 Å². The second-order valence-corrected chi connectivity index (χ2v) is 4.71. The minimum Gasteiger partial charge on any atom is -0.476 e. The maximum absolute atomic E-state index is 13.2. The average molecular weight is 327 g/mol. The SMILES string of the molecule is O=C(O)c1ccc(=O)n(Cc2cc(F)cc(Br)c2)n1. The summed E-state index contributed by atoms with van der Waals surface area (Å²) in [4.78, 5) is 22.4. The molecule has 0 aliphatic heterocycles. The molecule has 0 aliphatic carbocycles. The normalized spacial score (nSPS) is 10.4. The third-order valence-corrected chi connectivity index (χ3v) is 2.80. The van der Waals surface area contributed by atoms with Crippen LogP contribution in [0.3, 0.4) is 0 Å². The van der Waals surface area contributed by atoms with E-state index in [2.05, 4.69) is 21.0 Å². The van der Waals surface area contributed by atoms with Crippen LogP contribution < -0.4 is 5.56 Å². The Balaban J connectivity index is 2.40. The molecule has 0 amide bonds. The fraction of sp³-hybridized carbons (Fsp3) is 0.0833. The van der Waals surface area contributed by atoms with E-state index in [0.29, 0.717) is 10.0 Å². The first-order valence-corrected chi connectivity index (χ1v) is 6.01. The predicted octanol–water partition coefficient (Wildman–Crippen LogP) is 1.89. The number of hydrogen-bond donors (Lipinski definition) is 1. The van der Waals surface area contributed by atoms with Gasteiger partial charge in [0.15, 0.2) is 5.69 Å². The van der Waals surface area contributed by atoms with Gasteiger partial charge in [0.25, 0.3) is 5.56 Å². The summed E-state index contributed by atoms with van der Waals surface area (Å²) in [6.45, 7) is -0.00366. The number of rotatable bonds is 3. The maximum atomic E-state index is 13.2. The molecule has 0 saturated carbocycles. The summed E-state index contributed by atoms with van der Waals surface area (Å²) in [6, 6.07) is 6.41. The fourth-order valence-electron chi connectivity index (χ4n) is 1.55. The van der Waals surface area contributed by atoms with Crippen LogP contribution in [-0.2, 0) is 6.54 Å². The van der Waals surface area contributed by atoms with Crippen molar-refractivity contribution in [1.82, 2.24) is 9.78 Å². The van der Waals surface area contributed by atoms with Gasteiger partial charge in [0.2, 0.25) is 0 Å². The summed E-state index contributed by atoms with van der Waals surface area (Å²) in [6.07, 6.45) is 0. The number of carboxylic acids is 1. The van der Waals surface area contributed by atoms with Crippen molar-refractivity contribution in [1.29, 1.82) is 0 Å². The molecule has 2 aromatic rings. The van der Waals surface area contributed by atoms with Crippen LogP contribution in [-0.4, -0.2) is 20.9 Å². The standard InChI is InChI=1S/C12H8BrFN2O3/c13-8-3-7(4-9(14)5-8)6-16-11(17)2-1-10(15-16)12(18)19/h1-5H,6H2,(H,18,19). The Labute approximate surface area is 115 Å². The lowest BCUT2D eigenvalue weighted by Gasteiger charge is -2.06. The third-order valence-electron chi connectivity index (χ3n) is 2.34. The van der Waals surface area contributed by atoms with Crippen LogP contribution in [0.1, 0.15) is 16.1 Å². The molecule has 0 unspecified atom stereocenters. The molecule has 1 heterocycles. The second kappa shape index (κ2) is 5.31. The largest absolute Gasteiger partial charge is 0.476 e. The number of aromatic nitrogens is 2. The number of nitrogens with zero attached hydrogens (tertiary/aromatic N) is 2. The first-order valence-electron chi connectivity index (χ1n) is 5.22. The molecular weight excluding hydrogens is 319 g/mol. The van der Waals surface area contributed by atoms with E-state index in [1.807, 2.05) is 0 Å². The zero-order chi connectivity index (χ0) is 14.0. The van der Waals surface area contributed by atoms with Gasteiger partial charge in [-0.25, -0.2) is 13.9 Å². The van der Waals surface area contributed by atoms with Gasteiger partial charge in [-0.3, -0.25) is 4.79 Å². The average Bonchev–Trinajstić information content (AvgIpc) is 2.30. The Morgan fingerprint density at radius 3 is 2.74 bits per heavy atom. The summed E-state index contributed by atoms with van der Waals surface area (Å²) >= 11 is 3.14. The summed E-state index contributed by atoms with van der Waals surface area (Å²) < 4.78 is 14.7. The van der Waals surface area contributed by atoms with Crippen LogP contribution in [0.5, 0.6) is 0 Å². The van der Waals surface area contributed by atoms with E-state index in [4.69, 9.17) is 5.11 Å². The van der Waals surface area contributed by atoms with Gasteiger partial charge in [-0.1, -0.05) is 15.9 Å². The predicted molar refractivity (Wildman–Crippen MR) is 68.7 cm³/mol. The second-order valence-electron chi connectivity index (χ2n) is 3.80. The van der Waals surface area contributed by atoms with E-state index >= 15 is 0 Å². The molecule has 0 spiro atoms. The molecule has 19 heavy (non-hydrogen) atoms. The third kappa shape index (κ3) is 3.25. The Bertz CT molecular complexity index is 679. The van der Waals surface area contributed by atoms with Gasteiger partial charge in [-0.15, -0.1) is 0 Å². The number of aromatic carboxylic acids is 1. The molecule has 0 aliphatic rings. The van der Waals surface area contributed by atoms with Gasteiger partial charge >= 0.3 is 5.97 Å². The molecule has 2 rings (SSSR count). The van der Waals surface area contributed by atoms with Crippen molar-refractivity contribution in [2.75, 3.05) is 0 Å². The van der Waals surface area contributed by atoms with E-state index in [9.17, 15) is 14.0 Å². The van der Waals surface area contributed by atoms with Crippen LogP contribution >= 0.6 is 15.9 Å². The van der Waals surface area contributed by atoms with Crippen LogP contribution in [0.2, 0.25) is 0 Å². The number of carbonyl (C=O) groups is 1. The number of benzene rings is 1. The Kier molecular flexibility index (Phi) is 3.75. The zero-order valence-electron chi connectivity index (χ0n) is 9.51. The molecule has 1 aromatic carbocycles. The molecule has 0 bridgehead atoms. The molecule has 1 aromatic heterocycles.